The Morgan fingerprint density at radius 1 is 1.63 bits per heavy atom. The van der Waals surface area contributed by atoms with Gasteiger partial charge < -0.3 is 14.9 Å². The van der Waals surface area contributed by atoms with Gasteiger partial charge in [-0.05, 0) is 6.42 Å². The second-order valence-corrected chi connectivity index (χ2v) is 4.38. The number of nitrogens with one attached hydrogen (secondary N) is 1. The van der Waals surface area contributed by atoms with Crippen molar-refractivity contribution in [1.82, 2.24) is 9.55 Å². The van der Waals surface area contributed by atoms with Crippen molar-refractivity contribution in [2.24, 2.45) is 0 Å². The summed E-state index contributed by atoms with van der Waals surface area (Å²) in [4.78, 5) is 15.5. The van der Waals surface area contributed by atoms with Gasteiger partial charge in [-0.25, -0.2) is 4.79 Å². The van der Waals surface area contributed by atoms with Crippen LogP contribution in [-0.2, 0) is 11.2 Å². The van der Waals surface area contributed by atoms with Crippen LogP contribution >= 0.6 is 0 Å². The quantitative estimate of drug-likeness (QED) is 0.532. The average molecular weight is 271 g/mol. The molecule has 1 aromatic heterocycles. The summed E-state index contributed by atoms with van der Waals surface area (Å²) in [6, 6.07) is 0. The third-order valence-corrected chi connectivity index (χ3v) is 3.21. The van der Waals surface area contributed by atoms with E-state index in [1.54, 1.807) is 0 Å². The first kappa shape index (κ1) is 13.9. The molecule has 8 heteroatoms. The maximum absolute atomic E-state index is 11.8. The highest BCUT2D eigenvalue weighted by atomic mass is 16.5. The largest absolute Gasteiger partial charge is 0.394 e. The summed E-state index contributed by atoms with van der Waals surface area (Å²) in [7, 11) is 0. The van der Waals surface area contributed by atoms with Crippen LogP contribution in [0.2, 0.25) is 0 Å². The maximum Gasteiger partial charge on any atom is 0.351 e. The van der Waals surface area contributed by atoms with Gasteiger partial charge in [-0.1, -0.05) is 6.92 Å². The van der Waals surface area contributed by atoms with Crippen molar-refractivity contribution in [3.8, 4) is 0 Å². The number of aliphatic hydroxyl groups excluding tert-OH is 2. The number of nitrogens with zero attached hydrogens (tertiary/aromatic N) is 2. The number of rotatable bonds is 4. The molecule has 1 aromatic rings. The monoisotopic (exact) mass is 271 g/mol. The van der Waals surface area contributed by atoms with Crippen molar-refractivity contribution in [2.45, 2.75) is 38.2 Å². The Labute approximate surface area is 109 Å². The molecular formula is C11H17N3O5. The number of hydrogen-bond acceptors (Lipinski definition) is 7. The number of ether oxygens (including phenoxy) is 1. The number of hydrogen-bond donors (Lipinski definition) is 4. The predicted molar refractivity (Wildman–Crippen MR) is 64.9 cm³/mol. The van der Waals surface area contributed by atoms with Crippen molar-refractivity contribution >= 4 is 5.82 Å². The molecule has 19 heavy (non-hydrogen) atoms. The molecule has 2 heterocycles. The van der Waals surface area contributed by atoms with E-state index in [1.807, 2.05) is 12.4 Å². The van der Waals surface area contributed by atoms with Gasteiger partial charge >= 0.3 is 5.69 Å². The lowest BCUT2D eigenvalue weighted by atomic mass is 10.2. The van der Waals surface area contributed by atoms with Crippen LogP contribution in [0.3, 0.4) is 0 Å². The van der Waals surface area contributed by atoms with Gasteiger partial charge in [0.1, 0.15) is 12.3 Å². The Balaban J connectivity index is 2.33. The molecule has 0 aliphatic carbocycles. The average Bonchev–Trinajstić information content (AvgIpc) is 2.79. The van der Waals surface area contributed by atoms with Gasteiger partial charge in [-0.3, -0.25) is 15.3 Å². The minimum Gasteiger partial charge on any atom is -0.394 e. The summed E-state index contributed by atoms with van der Waals surface area (Å²) in [5.74, 6) is 0.112. The van der Waals surface area contributed by atoms with Gasteiger partial charge in [-0.2, -0.15) is 4.98 Å². The summed E-state index contributed by atoms with van der Waals surface area (Å²) in [5.41, 5.74) is 1.93. The Morgan fingerprint density at radius 2 is 2.37 bits per heavy atom. The van der Waals surface area contributed by atoms with Crippen molar-refractivity contribution < 1.29 is 20.2 Å². The topological polar surface area (TPSA) is 117 Å². The highest BCUT2D eigenvalue weighted by Gasteiger charge is 2.35. The normalized spacial score (nSPS) is 26.6. The Hall–Kier alpha value is -1.48. The molecule has 2 rings (SSSR count). The smallest absolute Gasteiger partial charge is 0.351 e. The summed E-state index contributed by atoms with van der Waals surface area (Å²) < 4.78 is 6.67. The number of aryl methyl sites for hydroxylation is 1. The van der Waals surface area contributed by atoms with E-state index >= 15 is 0 Å². The molecule has 0 unspecified atom stereocenters. The second-order valence-electron chi connectivity index (χ2n) is 4.38. The van der Waals surface area contributed by atoms with Crippen LogP contribution in [0.15, 0.2) is 11.0 Å². The van der Waals surface area contributed by atoms with E-state index in [9.17, 15) is 9.90 Å². The Bertz CT molecular complexity index is 504. The highest BCUT2D eigenvalue weighted by Crippen LogP contribution is 2.27. The van der Waals surface area contributed by atoms with Gasteiger partial charge in [0.15, 0.2) is 5.82 Å². The molecule has 3 atom stereocenters. The van der Waals surface area contributed by atoms with Crippen molar-refractivity contribution in [3.63, 3.8) is 0 Å². The first-order valence-corrected chi connectivity index (χ1v) is 6.07. The van der Waals surface area contributed by atoms with Gasteiger partial charge in [0.2, 0.25) is 0 Å². The van der Waals surface area contributed by atoms with E-state index in [1.165, 1.54) is 10.8 Å². The van der Waals surface area contributed by atoms with Crippen molar-refractivity contribution in [2.75, 3.05) is 12.1 Å². The number of anilines is 1. The fourth-order valence-corrected chi connectivity index (χ4v) is 2.12. The van der Waals surface area contributed by atoms with E-state index in [0.29, 0.717) is 12.0 Å². The molecule has 106 valence electrons. The molecule has 0 amide bonds. The lowest BCUT2D eigenvalue weighted by molar-refractivity contribution is -0.0459. The van der Waals surface area contributed by atoms with E-state index in [0.717, 1.165) is 0 Å². The Morgan fingerprint density at radius 3 is 2.89 bits per heavy atom. The molecule has 4 N–H and O–H groups in total. The lowest BCUT2D eigenvalue weighted by Crippen LogP contribution is -2.29. The van der Waals surface area contributed by atoms with E-state index < -0.39 is 24.1 Å². The fraction of sp³-hybridized carbons (Fsp3) is 0.636. The third-order valence-electron chi connectivity index (χ3n) is 3.21. The van der Waals surface area contributed by atoms with Crippen LogP contribution in [0.4, 0.5) is 5.82 Å². The highest BCUT2D eigenvalue weighted by molar-refractivity contribution is 5.39. The van der Waals surface area contributed by atoms with Crippen LogP contribution in [-0.4, -0.2) is 43.8 Å². The standard InChI is InChI=1S/C11H17N3O5/c1-2-6-4-14(11(17)12-10(6)13-18)9-3-7(16)8(5-15)19-9/h4,7-9,15-16,18H,2-3,5H2,1H3,(H,12,13,17)/t7-,8+,9+/m0/s1. The lowest BCUT2D eigenvalue weighted by Gasteiger charge is -2.16. The van der Waals surface area contributed by atoms with Gasteiger partial charge in [0.05, 0.1) is 12.7 Å². The summed E-state index contributed by atoms with van der Waals surface area (Å²) >= 11 is 0. The molecule has 1 fully saturated rings. The molecule has 8 nitrogen and oxygen atoms in total. The molecule has 1 aliphatic rings. The van der Waals surface area contributed by atoms with Crippen LogP contribution < -0.4 is 11.2 Å². The number of aliphatic hydroxyl groups is 2. The molecule has 0 bridgehead atoms. The zero-order valence-corrected chi connectivity index (χ0v) is 10.5. The predicted octanol–water partition coefficient (Wildman–Crippen LogP) is -0.753. The first-order chi connectivity index (χ1) is 9.10. The van der Waals surface area contributed by atoms with E-state index in [4.69, 9.17) is 15.1 Å². The third kappa shape index (κ3) is 2.61. The number of aromatic nitrogens is 2. The SMILES string of the molecule is CCc1cn([C@H]2C[C@H](O)[C@@H](CO)O2)c(=O)nc1NO. The van der Waals surface area contributed by atoms with Crippen molar-refractivity contribution in [1.29, 1.82) is 0 Å². The molecule has 0 radical (unpaired) electrons. The van der Waals surface area contributed by atoms with E-state index in [-0.39, 0.29) is 18.8 Å². The second kappa shape index (κ2) is 5.66. The van der Waals surface area contributed by atoms with Gasteiger partial charge in [0.25, 0.3) is 0 Å². The summed E-state index contributed by atoms with van der Waals surface area (Å²) in [6.07, 6.45) is 0.132. The minimum atomic E-state index is -0.817. The molecule has 0 aromatic carbocycles. The molecular weight excluding hydrogens is 254 g/mol. The van der Waals surface area contributed by atoms with Crippen molar-refractivity contribution in [3.05, 3.63) is 22.2 Å². The van der Waals surface area contributed by atoms with Gasteiger partial charge in [-0.15, -0.1) is 0 Å². The van der Waals surface area contributed by atoms with Crippen LogP contribution in [0, 0.1) is 0 Å². The van der Waals surface area contributed by atoms with Crippen LogP contribution in [0.25, 0.3) is 0 Å². The summed E-state index contributed by atoms with van der Waals surface area (Å²) in [5, 5.41) is 27.6. The van der Waals surface area contributed by atoms with Crippen LogP contribution in [0.1, 0.15) is 25.1 Å². The zero-order valence-electron chi connectivity index (χ0n) is 10.5. The molecule has 0 spiro atoms. The van der Waals surface area contributed by atoms with Gasteiger partial charge in [0, 0.05) is 18.2 Å². The zero-order chi connectivity index (χ0) is 14.0. The summed E-state index contributed by atoms with van der Waals surface area (Å²) in [6.45, 7) is 1.55. The maximum atomic E-state index is 11.8. The fourth-order valence-electron chi connectivity index (χ4n) is 2.12. The van der Waals surface area contributed by atoms with Crippen LogP contribution in [0.5, 0.6) is 0 Å². The Kier molecular flexibility index (Phi) is 4.15. The molecule has 0 saturated carbocycles. The molecule has 1 aliphatic heterocycles. The minimum absolute atomic E-state index is 0.112. The molecule has 1 saturated heterocycles. The van der Waals surface area contributed by atoms with E-state index in [2.05, 4.69) is 4.98 Å². The first-order valence-electron chi connectivity index (χ1n) is 6.07.